The second kappa shape index (κ2) is 9.00. The van der Waals surface area contributed by atoms with E-state index in [1.807, 2.05) is 45.9 Å². The molecule has 2 aromatic rings. The van der Waals surface area contributed by atoms with Crippen molar-refractivity contribution < 1.29 is 17.9 Å². The minimum Gasteiger partial charge on any atom is -0.490 e. The van der Waals surface area contributed by atoms with Crippen LogP contribution in [0.5, 0.6) is 11.5 Å². The van der Waals surface area contributed by atoms with Gasteiger partial charge in [-0.05, 0) is 49.6 Å². The van der Waals surface area contributed by atoms with Gasteiger partial charge in [0.1, 0.15) is 4.90 Å². The molecule has 6 nitrogen and oxygen atoms in total. The quantitative estimate of drug-likeness (QED) is 0.722. The Morgan fingerprint density at radius 3 is 2.35 bits per heavy atom. The maximum absolute atomic E-state index is 12.7. The molecule has 1 aromatic heterocycles. The van der Waals surface area contributed by atoms with Crippen molar-refractivity contribution in [2.24, 2.45) is 5.92 Å². The van der Waals surface area contributed by atoms with Gasteiger partial charge in [-0.1, -0.05) is 19.9 Å². The minimum absolute atomic E-state index is 0.0360. The normalized spacial score (nSPS) is 12.8. The lowest BCUT2D eigenvalue weighted by atomic mass is 9.97. The highest BCUT2D eigenvalue weighted by Crippen LogP contribution is 2.33. The van der Waals surface area contributed by atoms with Gasteiger partial charge in [-0.25, -0.2) is 13.1 Å². The smallest absolute Gasteiger partial charge is 0.242 e. The van der Waals surface area contributed by atoms with Crippen molar-refractivity contribution in [2.45, 2.75) is 38.6 Å². The highest BCUT2D eigenvalue weighted by atomic mass is 32.2. The molecule has 0 amide bonds. The third kappa shape index (κ3) is 4.95. The number of nitrogens with one attached hydrogen (secondary N) is 1. The van der Waals surface area contributed by atoms with Crippen LogP contribution in [0.1, 0.15) is 39.3 Å². The summed E-state index contributed by atoms with van der Waals surface area (Å²) in [5, 5.41) is 0. The van der Waals surface area contributed by atoms with Gasteiger partial charge in [-0.15, -0.1) is 0 Å². The molecule has 0 aliphatic carbocycles. The topological polar surface area (TPSA) is 77.5 Å². The van der Waals surface area contributed by atoms with Gasteiger partial charge in [-0.3, -0.25) is 4.98 Å². The SMILES string of the molecule is CCOc1ccc(C(NS(=O)(=O)c2cccnc2)C(C)C)cc1OCC. The van der Waals surface area contributed by atoms with Gasteiger partial charge in [0, 0.05) is 18.4 Å². The number of benzene rings is 1. The predicted octanol–water partition coefficient (Wildman–Crippen LogP) is 3.55. The zero-order valence-corrected chi connectivity index (χ0v) is 16.4. The number of sulfonamides is 1. The van der Waals surface area contributed by atoms with E-state index in [0.29, 0.717) is 24.7 Å². The van der Waals surface area contributed by atoms with E-state index in [9.17, 15) is 8.42 Å². The Labute approximate surface area is 155 Å². The van der Waals surface area contributed by atoms with Gasteiger partial charge in [0.25, 0.3) is 0 Å². The van der Waals surface area contributed by atoms with E-state index in [0.717, 1.165) is 5.56 Å². The molecule has 0 saturated heterocycles. The fourth-order valence-corrected chi connectivity index (χ4v) is 3.93. The number of hydrogen-bond donors (Lipinski definition) is 1. The Hall–Kier alpha value is -2.12. The number of nitrogens with zero attached hydrogens (tertiary/aromatic N) is 1. The van der Waals surface area contributed by atoms with Gasteiger partial charge in [-0.2, -0.15) is 0 Å². The van der Waals surface area contributed by atoms with Crippen LogP contribution in [0.15, 0.2) is 47.6 Å². The van der Waals surface area contributed by atoms with Gasteiger partial charge < -0.3 is 9.47 Å². The first kappa shape index (κ1) is 20.2. The molecule has 0 aliphatic rings. The van der Waals surface area contributed by atoms with E-state index in [4.69, 9.17) is 9.47 Å². The maximum atomic E-state index is 12.7. The van der Waals surface area contributed by atoms with E-state index in [1.165, 1.54) is 12.3 Å². The number of ether oxygens (including phenoxy) is 2. The Balaban J connectivity index is 2.37. The largest absolute Gasteiger partial charge is 0.490 e. The maximum Gasteiger partial charge on any atom is 0.242 e. The molecule has 1 atom stereocenters. The van der Waals surface area contributed by atoms with Crippen LogP contribution < -0.4 is 14.2 Å². The van der Waals surface area contributed by atoms with E-state index in [2.05, 4.69) is 9.71 Å². The molecule has 7 heteroatoms. The second-order valence-electron chi connectivity index (χ2n) is 6.10. The van der Waals surface area contributed by atoms with E-state index >= 15 is 0 Å². The van der Waals surface area contributed by atoms with Gasteiger partial charge in [0.05, 0.1) is 13.2 Å². The molecular formula is C19H26N2O4S. The number of hydrogen-bond acceptors (Lipinski definition) is 5. The van der Waals surface area contributed by atoms with Crippen LogP contribution in [-0.4, -0.2) is 26.6 Å². The fraction of sp³-hybridized carbons (Fsp3) is 0.421. The molecule has 0 bridgehead atoms. The Kier molecular flexibility index (Phi) is 6.99. The van der Waals surface area contributed by atoms with E-state index in [1.54, 1.807) is 12.3 Å². The average Bonchev–Trinajstić information content (AvgIpc) is 2.62. The third-order valence-electron chi connectivity index (χ3n) is 3.82. The molecule has 1 unspecified atom stereocenters. The average molecular weight is 378 g/mol. The summed E-state index contributed by atoms with van der Waals surface area (Å²) in [5.74, 6) is 1.29. The molecule has 0 spiro atoms. The zero-order valence-electron chi connectivity index (χ0n) is 15.6. The predicted molar refractivity (Wildman–Crippen MR) is 101 cm³/mol. The first-order valence-corrected chi connectivity index (χ1v) is 10.2. The third-order valence-corrected chi connectivity index (χ3v) is 5.25. The van der Waals surface area contributed by atoms with Crippen molar-refractivity contribution in [1.82, 2.24) is 9.71 Å². The number of pyridine rings is 1. The lowest BCUT2D eigenvalue weighted by Crippen LogP contribution is -2.32. The fourth-order valence-electron chi connectivity index (χ4n) is 2.59. The van der Waals surface area contributed by atoms with Crippen LogP contribution in [-0.2, 0) is 10.0 Å². The van der Waals surface area contributed by atoms with Crippen LogP contribution >= 0.6 is 0 Å². The zero-order chi connectivity index (χ0) is 19.2. The molecule has 1 N–H and O–H groups in total. The molecule has 142 valence electrons. The summed E-state index contributed by atoms with van der Waals surface area (Å²) >= 11 is 0. The van der Waals surface area contributed by atoms with Crippen molar-refractivity contribution in [3.05, 3.63) is 48.3 Å². The monoisotopic (exact) mass is 378 g/mol. The summed E-state index contributed by atoms with van der Waals surface area (Å²) in [5.41, 5.74) is 0.819. The van der Waals surface area contributed by atoms with Crippen molar-refractivity contribution in [1.29, 1.82) is 0 Å². The molecule has 0 fully saturated rings. The number of rotatable bonds is 9. The van der Waals surface area contributed by atoms with Gasteiger partial charge in [0.15, 0.2) is 11.5 Å². The molecular weight excluding hydrogens is 352 g/mol. The van der Waals surface area contributed by atoms with Crippen molar-refractivity contribution in [3.8, 4) is 11.5 Å². The lowest BCUT2D eigenvalue weighted by Gasteiger charge is -2.24. The van der Waals surface area contributed by atoms with Crippen molar-refractivity contribution in [2.75, 3.05) is 13.2 Å². The van der Waals surface area contributed by atoms with Crippen LogP contribution in [0.4, 0.5) is 0 Å². The summed E-state index contributed by atoms with van der Waals surface area (Å²) in [6.45, 7) is 8.76. The van der Waals surface area contributed by atoms with Crippen LogP contribution in [0.2, 0.25) is 0 Å². The lowest BCUT2D eigenvalue weighted by molar-refractivity contribution is 0.287. The molecule has 1 heterocycles. The molecule has 2 rings (SSSR count). The summed E-state index contributed by atoms with van der Waals surface area (Å²) in [4.78, 5) is 4.03. The van der Waals surface area contributed by atoms with Crippen molar-refractivity contribution in [3.63, 3.8) is 0 Å². The molecule has 1 aromatic carbocycles. The molecule has 0 saturated carbocycles. The standard InChI is InChI=1S/C19H26N2O4S/c1-5-24-17-10-9-15(12-18(17)25-6-2)19(14(3)4)21-26(22,23)16-8-7-11-20-13-16/h7-14,19,21H,5-6H2,1-4H3. The minimum atomic E-state index is -3.68. The first-order chi connectivity index (χ1) is 12.4. The van der Waals surface area contributed by atoms with E-state index in [-0.39, 0.29) is 10.8 Å². The highest BCUT2D eigenvalue weighted by molar-refractivity contribution is 7.89. The summed E-state index contributed by atoms with van der Waals surface area (Å²) in [6.07, 6.45) is 2.88. The summed E-state index contributed by atoms with van der Waals surface area (Å²) in [6, 6.07) is 8.24. The molecule has 0 aliphatic heterocycles. The first-order valence-electron chi connectivity index (χ1n) is 8.71. The van der Waals surface area contributed by atoms with Crippen molar-refractivity contribution >= 4 is 10.0 Å². The van der Waals surface area contributed by atoms with Crippen LogP contribution in [0.3, 0.4) is 0 Å². The Morgan fingerprint density at radius 1 is 1.08 bits per heavy atom. The van der Waals surface area contributed by atoms with Gasteiger partial charge >= 0.3 is 0 Å². The van der Waals surface area contributed by atoms with Crippen LogP contribution in [0, 0.1) is 5.92 Å². The summed E-state index contributed by atoms with van der Waals surface area (Å²) < 4.78 is 39.4. The molecule has 0 radical (unpaired) electrons. The highest BCUT2D eigenvalue weighted by Gasteiger charge is 2.25. The van der Waals surface area contributed by atoms with Crippen LogP contribution in [0.25, 0.3) is 0 Å². The van der Waals surface area contributed by atoms with Gasteiger partial charge in [0.2, 0.25) is 10.0 Å². The Bertz CT molecular complexity index is 808. The Morgan fingerprint density at radius 2 is 1.77 bits per heavy atom. The summed E-state index contributed by atoms with van der Waals surface area (Å²) in [7, 11) is -3.68. The number of aromatic nitrogens is 1. The molecule has 26 heavy (non-hydrogen) atoms. The second-order valence-corrected chi connectivity index (χ2v) is 7.82. The van der Waals surface area contributed by atoms with E-state index < -0.39 is 16.1 Å².